The number of rotatable bonds is 4. The highest BCUT2D eigenvalue weighted by Crippen LogP contribution is 2.31. The quantitative estimate of drug-likeness (QED) is 0.811. The van der Waals surface area contributed by atoms with Gasteiger partial charge in [0, 0.05) is 30.9 Å². The summed E-state index contributed by atoms with van der Waals surface area (Å²) in [7, 11) is 0. The van der Waals surface area contributed by atoms with Gasteiger partial charge in [-0.05, 0) is 38.0 Å². The topological polar surface area (TPSA) is 58.4 Å². The van der Waals surface area contributed by atoms with Gasteiger partial charge in [0.1, 0.15) is 0 Å². The molecular formula is C14H27N3OS. The van der Waals surface area contributed by atoms with Gasteiger partial charge in [-0.1, -0.05) is 6.92 Å². The van der Waals surface area contributed by atoms with Gasteiger partial charge < -0.3 is 11.1 Å². The maximum Gasteiger partial charge on any atom is 0.224 e. The largest absolute Gasteiger partial charge is 0.355 e. The first-order chi connectivity index (χ1) is 9.22. The van der Waals surface area contributed by atoms with Crippen molar-refractivity contribution in [3.05, 3.63) is 0 Å². The highest BCUT2D eigenvalue weighted by molar-refractivity contribution is 7.99. The Kier molecular flexibility index (Phi) is 5.98. The number of nitrogens with two attached hydrogens (primary N) is 1. The van der Waals surface area contributed by atoms with Crippen LogP contribution < -0.4 is 11.1 Å². The number of amides is 1. The van der Waals surface area contributed by atoms with E-state index in [0.717, 1.165) is 25.9 Å². The van der Waals surface area contributed by atoms with Crippen molar-refractivity contribution in [2.45, 2.75) is 43.9 Å². The molecule has 0 aromatic carbocycles. The minimum absolute atomic E-state index is 0.166. The van der Waals surface area contributed by atoms with Crippen LogP contribution in [-0.4, -0.2) is 54.0 Å². The molecule has 2 aliphatic heterocycles. The summed E-state index contributed by atoms with van der Waals surface area (Å²) in [5.41, 5.74) is 5.44. The Bertz CT molecular complexity index is 300. The minimum Gasteiger partial charge on any atom is -0.355 e. The second kappa shape index (κ2) is 7.50. The third-order valence-corrected chi connectivity index (χ3v) is 5.67. The summed E-state index contributed by atoms with van der Waals surface area (Å²) in [5, 5.41) is 3.65. The monoisotopic (exact) mass is 285 g/mol. The number of piperidine rings is 1. The third kappa shape index (κ3) is 4.10. The Hall–Kier alpha value is -0.260. The zero-order valence-corrected chi connectivity index (χ0v) is 12.8. The number of likely N-dealkylation sites (tertiary alicyclic amines) is 1. The molecule has 2 aliphatic rings. The lowest BCUT2D eigenvalue weighted by atomic mass is 9.94. The van der Waals surface area contributed by atoms with Gasteiger partial charge in [0.15, 0.2) is 0 Å². The molecular weight excluding hydrogens is 258 g/mol. The smallest absolute Gasteiger partial charge is 0.224 e. The fourth-order valence-corrected chi connectivity index (χ4v) is 4.48. The van der Waals surface area contributed by atoms with Crippen LogP contribution in [0.5, 0.6) is 0 Å². The summed E-state index contributed by atoms with van der Waals surface area (Å²) in [6.45, 7) is 5.57. The maximum atomic E-state index is 12.1. The highest BCUT2D eigenvalue weighted by Gasteiger charge is 2.33. The van der Waals surface area contributed by atoms with E-state index in [1.54, 1.807) is 0 Å². The number of hydrogen-bond donors (Lipinski definition) is 2. The Morgan fingerprint density at radius 2 is 2.26 bits per heavy atom. The van der Waals surface area contributed by atoms with E-state index in [0.29, 0.717) is 24.4 Å². The van der Waals surface area contributed by atoms with Crippen molar-refractivity contribution in [3.8, 4) is 0 Å². The number of nitrogens with one attached hydrogen (secondary N) is 1. The average molecular weight is 285 g/mol. The highest BCUT2D eigenvalue weighted by atomic mass is 32.2. The summed E-state index contributed by atoms with van der Waals surface area (Å²) in [6.07, 6.45) is 4.79. The molecule has 0 bridgehead atoms. The van der Waals surface area contributed by atoms with Crippen molar-refractivity contribution in [1.82, 2.24) is 10.2 Å². The predicted molar refractivity (Wildman–Crippen MR) is 81.3 cm³/mol. The molecule has 4 nitrogen and oxygen atoms in total. The van der Waals surface area contributed by atoms with Crippen molar-refractivity contribution in [1.29, 1.82) is 0 Å². The molecule has 0 radical (unpaired) electrons. The summed E-state index contributed by atoms with van der Waals surface area (Å²) in [5.74, 6) is 1.66. The molecule has 110 valence electrons. The average Bonchev–Trinajstić information content (AvgIpc) is 2.45. The van der Waals surface area contributed by atoms with Crippen molar-refractivity contribution in [3.63, 3.8) is 0 Å². The lowest BCUT2D eigenvalue weighted by Gasteiger charge is -2.42. The number of carbonyl (C=O) groups is 1. The third-order valence-electron chi connectivity index (χ3n) is 4.30. The van der Waals surface area contributed by atoms with E-state index in [-0.39, 0.29) is 11.8 Å². The Balaban J connectivity index is 1.87. The summed E-state index contributed by atoms with van der Waals surface area (Å²) in [6, 6.07) is 0.670. The summed E-state index contributed by atoms with van der Waals surface area (Å²) < 4.78 is 0. The number of hydrogen-bond acceptors (Lipinski definition) is 4. The van der Waals surface area contributed by atoms with Crippen molar-refractivity contribution in [2.24, 2.45) is 11.7 Å². The van der Waals surface area contributed by atoms with E-state index in [4.69, 9.17) is 5.73 Å². The molecule has 0 aromatic heterocycles. The minimum atomic E-state index is 0.166. The molecule has 0 spiro atoms. The van der Waals surface area contributed by atoms with Crippen LogP contribution in [-0.2, 0) is 4.79 Å². The van der Waals surface area contributed by atoms with Gasteiger partial charge in [-0.15, -0.1) is 0 Å². The van der Waals surface area contributed by atoms with Crippen LogP contribution in [0.15, 0.2) is 0 Å². The SMILES string of the molecule is CC1SCCCC1N1CCCC(C(=O)NCCN)C1. The lowest BCUT2D eigenvalue weighted by molar-refractivity contribution is -0.127. The van der Waals surface area contributed by atoms with Gasteiger partial charge in [0.2, 0.25) is 5.91 Å². The van der Waals surface area contributed by atoms with Crippen LogP contribution in [0.2, 0.25) is 0 Å². The molecule has 5 heteroatoms. The molecule has 3 N–H and O–H groups in total. The van der Waals surface area contributed by atoms with E-state index in [2.05, 4.69) is 28.9 Å². The fraction of sp³-hybridized carbons (Fsp3) is 0.929. The van der Waals surface area contributed by atoms with Crippen molar-refractivity contribution in [2.75, 3.05) is 31.9 Å². The fourth-order valence-electron chi connectivity index (χ4n) is 3.25. The van der Waals surface area contributed by atoms with Crippen LogP contribution in [0.25, 0.3) is 0 Å². The number of nitrogens with zero attached hydrogens (tertiary/aromatic N) is 1. The molecule has 0 aromatic rings. The zero-order chi connectivity index (χ0) is 13.7. The van der Waals surface area contributed by atoms with Crippen LogP contribution in [0.4, 0.5) is 0 Å². The van der Waals surface area contributed by atoms with Crippen LogP contribution in [0.1, 0.15) is 32.6 Å². The second-order valence-corrected chi connectivity index (χ2v) is 7.18. The summed E-state index contributed by atoms with van der Waals surface area (Å²) in [4.78, 5) is 14.6. The molecule has 3 unspecified atom stereocenters. The first-order valence-corrected chi connectivity index (χ1v) is 8.60. The molecule has 0 aliphatic carbocycles. The Morgan fingerprint density at radius 3 is 3.00 bits per heavy atom. The van der Waals surface area contributed by atoms with E-state index < -0.39 is 0 Å². The number of carbonyl (C=O) groups excluding carboxylic acids is 1. The van der Waals surface area contributed by atoms with Crippen molar-refractivity contribution < 1.29 is 4.79 Å². The normalized spacial score (nSPS) is 33.1. The molecule has 2 rings (SSSR count). The Morgan fingerprint density at radius 1 is 1.42 bits per heavy atom. The van der Waals surface area contributed by atoms with Gasteiger partial charge in [-0.25, -0.2) is 0 Å². The van der Waals surface area contributed by atoms with Gasteiger partial charge in [-0.3, -0.25) is 9.69 Å². The number of thioether (sulfide) groups is 1. The molecule has 0 saturated carbocycles. The Labute approximate surface area is 120 Å². The van der Waals surface area contributed by atoms with Gasteiger partial charge in [-0.2, -0.15) is 11.8 Å². The lowest BCUT2D eigenvalue weighted by Crippen LogP contribution is -2.51. The maximum absolute atomic E-state index is 12.1. The first kappa shape index (κ1) is 15.1. The predicted octanol–water partition coefficient (Wildman–Crippen LogP) is 1.06. The first-order valence-electron chi connectivity index (χ1n) is 7.56. The van der Waals surface area contributed by atoms with Gasteiger partial charge in [0.25, 0.3) is 0 Å². The summed E-state index contributed by atoms with van der Waals surface area (Å²) >= 11 is 2.08. The van der Waals surface area contributed by atoms with E-state index in [9.17, 15) is 4.79 Å². The zero-order valence-electron chi connectivity index (χ0n) is 11.9. The van der Waals surface area contributed by atoms with E-state index in [1.165, 1.54) is 18.6 Å². The molecule has 1 amide bonds. The van der Waals surface area contributed by atoms with Crippen molar-refractivity contribution >= 4 is 17.7 Å². The molecule has 19 heavy (non-hydrogen) atoms. The van der Waals surface area contributed by atoms with Crippen LogP contribution >= 0.6 is 11.8 Å². The van der Waals surface area contributed by atoms with Crippen LogP contribution in [0, 0.1) is 5.92 Å². The van der Waals surface area contributed by atoms with E-state index in [1.807, 2.05) is 0 Å². The molecule has 2 fully saturated rings. The molecule has 3 atom stereocenters. The second-order valence-electron chi connectivity index (χ2n) is 5.70. The van der Waals surface area contributed by atoms with Crippen LogP contribution in [0.3, 0.4) is 0 Å². The van der Waals surface area contributed by atoms with E-state index >= 15 is 0 Å². The molecule has 2 saturated heterocycles. The standard InChI is InChI=1S/C14H27N3OS/c1-11-13(5-3-9-19-11)17-8-2-4-12(10-17)14(18)16-7-6-15/h11-13H,2-10,15H2,1H3,(H,16,18). The molecule has 2 heterocycles. The van der Waals surface area contributed by atoms with Gasteiger partial charge >= 0.3 is 0 Å². The van der Waals surface area contributed by atoms with Gasteiger partial charge in [0.05, 0.1) is 5.92 Å².